The molecule has 1 amide bonds. The molecule has 0 atom stereocenters. The highest BCUT2D eigenvalue weighted by atomic mass is 35.5. The first kappa shape index (κ1) is 17.5. The molecule has 0 spiro atoms. The lowest BCUT2D eigenvalue weighted by Gasteiger charge is -2.10. The number of aryl methyl sites for hydroxylation is 1. The number of carbonyl (C=O) groups excluding carboxylic acids is 1. The van der Waals surface area contributed by atoms with Crippen LogP contribution in [0.2, 0.25) is 5.02 Å². The lowest BCUT2D eigenvalue weighted by molar-refractivity contribution is 0.102. The number of benzene rings is 2. The molecule has 0 aliphatic carbocycles. The summed E-state index contributed by atoms with van der Waals surface area (Å²) in [6, 6.07) is 17.7. The Morgan fingerprint density at radius 2 is 2.00 bits per heavy atom. The van der Waals surface area contributed by atoms with Gasteiger partial charge in [-0.3, -0.25) is 4.79 Å². The first-order valence-corrected chi connectivity index (χ1v) is 8.24. The van der Waals surface area contributed by atoms with Crippen LogP contribution in [-0.4, -0.2) is 10.9 Å². The number of hydrogen-bond donors (Lipinski definition) is 2. The second kappa shape index (κ2) is 7.68. The molecule has 0 radical (unpaired) electrons. The molecule has 0 aliphatic heterocycles. The summed E-state index contributed by atoms with van der Waals surface area (Å²) < 4.78 is 0. The summed E-state index contributed by atoms with van der Waals surface area (Å²) in [4.78, 5) is 16.7. The molecule has 0 saturated heterocycles. The third kappa shape index (κ3) is 4.18. The van der Waals surface area contributed by atoms with Crippen LogP contribution in [0.5, 0.6) is 0 Å². The lowest BCUT2D eigenvalue weighted by atomic mass is 10.1. The van der Waals surface area contributed by atoms with Gasteiger partial charge < -0.3 is 10.6 Å². The minimum atomic E-state index is -0.244. The van der Waals surface area contributed by atoms with Crippen molar-refractivity contribution in [3.05, 3.63) is 82.5 Å². The van der Waals surface area contributed by atoms with E-state index in [1.54, 1.807) is 54.7 Å². The third-order valence-corrected chi connectivity index (χ3v) is 3.96. The van der Waals surface area contributed by atoms with Gasteiger partial charge in [-0.1, -0.05) is 17.7 Å². The van der Waals surface area contributed by atoms with Crippen molar-refractivity contribution in [3.8, 4) is 6.07 Å². The molecule has 2 aromatic carbocycles. The van der Waals surface area contributed by atoms with Gasteiger partial charge in [-0.05, 0) is 61.0 Å². The molecular formula is C20H15ClN4O. The number of hydrogen-bond acceptors (Lipinski definition) is 4. The molecule has 1 heterocycles. The molecule has 0 fully saturated rings. The van der Waals surface area contributed by atoms with Gasteiger partial charge in [0.05, 0.1) is 11.6 Å². The number of nitrogens with zero attached hydrogens (tertiary/aromatic N) is 2. The van der Waals surface area contributed by atoms with E-state index in [-0.39, 0.29) is 5.91 Å². The predicted molar refractivity (Wildman–Crippen MR) is 103 cm³/mol. The number of nitriles is 1. The predicted octanol–water partition coefficient (Wildman–Crippen LogP) is 4.91. The molecule has 26 heavy (non-hydrogen) atoms. The van der Waals surface area contributed by atoms with Crippen molar-refractivity contribution in [1.29, 1.82) is 5.26 Å². The molecule has 0 unspecified atom stereocenters. The van der Waals surface area contributed by atoms with Crippen LogP contribution in [0.1, 0.15) is 21.5 Å². The monoisotopic (exact) mass is 362 g/mol. The van der Waals surface area contributed by atoms with E-state index in [4.69, 9.17) is 16.9 Å². The Hall–Kier alpha value is -3.36. The van der Waals surface area contributed by atoms with E-state index in [0.29, 0.717) is 27.7 Å². The van der Waals surface area contributed by atoms with E-state index in [1.807, 2.05) is 13.0 Å². The van der Waals surface area contributed by atoms with Crippen LogP contribution in [0.15, 0.2) is 60.8 Å². The zero-order chi connectivity index (χ0) is 18.5. The highest BCUT2D eigenvalue weighted by Gasteiger charge is 2.09. The van der Waals surface area contributed by atoms with E-state index >= 15 is 0 Å². The molecule has 5 nitrogen and oxygen atoms in total. The fraction of sp³-hybridized carbons (Fsp3) is 0.0500. The minimum absolute atomic E-state index is 0.244. The van der Waals surface area contributed by atoms with E-state index in [2.05, 4.69) is 21.7 Å². The van der Waals surface area contributed by atoms with Gasteiger partial charge in [0, 0.05) is 28.2 Å². The van der Waals surface area contributed by atoms with Gasteiger partial charge in [-0.2, -0.15) is 5.26 Å². The summed E-state index contributed by atoms with van der Waals surface area (Å²) >= 11 is 5.94. The maximum absolute atomic E-state index is 12.5. The molecule has 3 rings (SSSR count). The Kier molecular flexibility index (Phi) is 5.16. The van der Waals surface area contributed by atoms with E-state index in [9.17, 15) is 4.79 Å². The number of halogens is 1. The Labute approximate surface area is 156 Å². The average molecular weight is 363 g/mol. The van der Waals surface area contributed by atoms with Crippen LogP contribution >= 0.6 is 11.6 Å². The fourth-order valence-corrected chi connectivity index (χ4v) is 2.64. The number of carbonyl (C=O) groups is 1. The Balaban J connectivity index is 1.78. The third-order valence-electron chi connectivity index (χ3n) is 3.72. The minimum Gasteiger partial charge on any atom is -0.340 e. The average Bonchev–Trinajstić information content (AvgIpc) is 2.64. The number of amides is 1. The Bertz CT molecular complexity index is 1010. The van der Waals surface area contributed by atoms with E-state index in [0.717, 1.165) is 11.3 Å². The van der Waals surface area contributed by atoms with Gasteiger partial charge in [0.1, 0.15) is 5.82 Å². The van der Waals surface area contributed by atoms with Crippen molar-refractivity contribution in [1.82, 2.24) is 4.98 Å². The molecule has 3 aromatic rings. The maximum Gasteiger partial charge on any atom is 0.255 e. The smallest absolute Gasteiger partial charge is 0.255 e. The van der Waals surface area contributed by atoms with Crippen LogP contribution in [-0.2, 0) is 0 Å². The lowest BCUT2D eigenvalue weighted by Crippen LogP contribution is -2.13. The van der Waals surface area contributed by atoms with Crippen molar-refractivity contribution >= 4 is 34.7 Å². The first-order chi connectivity index (χ1) is 12.5. The molecule has 1 aromatic heterocycles. The quantitative estimate of drug-likeness (QED) is 0.691. The van der Waals surface area contributed by atoms with Crippen molar-refractivity contribution in [3.63, 3.8) is 0 Å². The van der Waals surface area contributed by atoms with E-state index in [1.165, 1.54) is 0 Å². The van der Waals surface area contributed by atoms with Gasteiger partial charge in [0.15, 0.2) is 0 Å². The molecule has 0 aliphatic rings. The van der Waals surface area contributed by atoms with Crippen LogP contribution in [0, 0.1) is 18.3 Å². The summed E-state index contributed by atoms with van der Waals surface area (Å²) in [5.41, 5.74) is 3.32. The zero-order valence-electron chi connectivity index (χ0n) is 14.0. The summed E-state index contributed by atoms with van der Waals surface area (Å²) in [5, 5.41) is 15.6. The molecule has 128 valence electrons. The number of nitrogens with one attached hydrogen (secondary N) is 2. The van der Waals surface area contributed by atoms with Gasteiger partial charge in [-0.15, -0.1) is 0 Å². The summed E-state index contributed by atoms with van der Waals surface area (Å²) in [6.45, 7) is 1.88. The van der Waals surface area contributed by atoms with Crippen LogP contribution < -0.4 is 10.6 Å². The first-order valence-electron chi connectivity index (χ1n) is 7.86. The van der Waals surface area contributed by atoms with Crippen molar-refractivity contribution < 1.29 is 4.79 Å². The van der Waals surface area contributed by atoms with E-state index < -0.39 is 0 Å². The maximum atomic E-state index is 12.5. The van der Waals surface area contributed by atoms with Crippen molar-refractivity contribution in [2.45, 2.75) is 6.92 Å². The molecule has 2 N–H and O–H groups in total. The number of pyridine rings is 1. The van der Waals surface area contributed by atoms with Crippen LogP contribution in [0.3, 0.4) is 0 Å². The van der Waals surface area contributed by atoms with Gasteiger partial charge in [0.25, 0.3) is 5.91 Å². The summed E-state index contributed by atoms with van der Waals surface area (Å²) in [5.74, 6) is 0.271. The number of aromatic nitrogens is 1. The molecule has 6 heteroatoms. The second-order valence-electron chi connectivity index (χ2n) is 5.66. The number of anilines is 3. The van der Waals surface area contributed by atoms with Crippen molar-refractivity contribution in [2.24, 2.45) is 0 Å². The Morgan fingerprint density at radius 3 is 2.77 bits per heavy atom. The van der Waals surface area contributed by atoms with Gasteiger partial charge in [-0.25, -0.2) is 4.98 Å². The normalized spacial score (nSPS) is 10.0. The molecular weight excluding hydrogens is 348 g/mol. The van der Waals surface area contributed by atoms with Gasteiger partial charge in [0.2, 0.25) is 0 Å². The highest BCUT2D eigenvalue weighted by molar-refractivity contribution is 6.30. The molecule has 0 bridgehead atoms. The SMILES string of the molecule is Cc1cc(Cl)ccc1NC(=O)c1ccnc(Nc2cccc(C#N)c2)c1. The standard InChI is InChI=1S/C20H15ClN4O/c1-13-9-16(21)5-6-18(13)25-20(26)15-7-8-23-19(11-15)24-17-4-2-3-14(10-17)12-22/h2-11H,1H3,(H,23,24)(H,25,26). The second-order valence-corrected chi connectivity index (χ2v) is 6.10. The van der Waals surface area contributed by atoms with Crippen LogP contribution in [0.4, 0.5) is 17.2 Å². The fourth-order valence-electron chi connectivity index (χ4n) is 2.42. The molecule has 0 saturated carbocycles. The highest BCUT2D eigenvalue weighted by Crippen LogP contribution is 2.21. The zero-order valence-corrected chi connectivity index (χ0v) is 14.7. The Morgan fingerprint density at radius 1 is 1.15 bits per heavy atom. The van der Waals surface area contributed by atoms with Gasteiger partial charge >= 0.3 is 0 Å². The number of rotatable bonds is 4. The topological polar surface area (TPSA) is 77.8 Å². The summed E-state index contributed by atoms with van der Waals surface area (Å²) in [6.07, 6.45) is 1.56. The van der Waals surface area contributed by atoms with Crippen molar-refractivity contribution in [2.75, 3.05) is 10.6 Å². The largest absolute Gasteiger partial charge is 0.340 e. The summed E-state index contributed by atoms with van der Waals surface area (Å²) in [7, 11) is 0. The van der Waals surface area contributed by atoms with Crippen LogP contribution in [0.25, 0.3) is 0 Å².